The summed E-state index contributed by atoms with van der Waals surface area (Å²) < 4.78 is 45.1. The molecule has 0 N–H and O–H groups in total. The third kappa shape index (κ3) is 3.73. The van der Waals surface area contributed by atoms with Crippen molar-refractivity contribution in [2.45, 2.75) is 0 Å². The van der Waals surface area contributed by atoms with Gasteiger partial charge in [0.2, 0.25) is 0 Å². The molecule has 2 rings (SSSR count). The molecule has 0 saturated carbocycles. The molecule has 116 valence electrons. The second-order valence-electron chi connectivity index (χ2n) is 4.33. The van der Waals surface area contributed by atoms with Crippen molar-refractivity contribution in [1.82, 2.24) is 0 Å². The maximum Gasteiger partial charge on any atom is 0.161 e. The third-order valence-electron chi connectivity index (χ3n) is 2.99. The Hall–Kier alpha value is -2.62. The van der Waals surface area contributed by atoms with Gasteiger partial charge in [0.25, 0.3) is 0 Å². The van der Waals surface area contributed by atoms with Crippen molar-refractivity contribution < 1.29 is 23.1 Å². The second kappa shape index (κ2) is 7.41. The van der Waals surface area contributed by atoms with Gasteiger partial charge in [0.1, 0.15) is 11.5 Å². The molecule has 0 aliphatic rings. The highest BCUT2D eigenvalue weighted by Crippen LogP contribution is 2.29. The van der Waals surface area contributed by atoms with Crippen molar-refractivity contribution in [3.63, 3.8) is 0 Å². The van der Waals surface area contributed by atoms with Gasteiger partial charge in [0.05, 0.1) is 32.6 Å². The number of benzene rings is 2. The van der Waals surface area contributed by atoms with E-state index in [4.69, 9.17) is 23.1 Å². The minimum absolute atomic E-state index is 0.00791. The zero-order valence-corrected chi connectivity index (χ0v) is 13.0. The van der Waals surface area contributed by atoms with Crippen molar-refractivity contribution in [3.8, 4) is 23.0 Å². The van der Waals surface area contributed by atoms with E-state index in [0.717, 1.165) is 5.56 Å². The van der Waals surface area contributed by atoms with Gasteiger partial charge in [0, 0.05) is 6.07 Å². The standard InChI is InChI=1S/C18H20O4/c1-19-15-9-14(10-16(12-15)20-2)6-5-13-7-8-17(21-3)18(11-13)22-4/h5-12H,1-4H3/b6-5+/i7D,8D,11D. The average Bonchev–Trinajstić information content (AvgIpc) is 2.63. The lowest BCUT2D eigenvalue weighted by atomic mass is 10.1. The predicted molar refractivity (Wildman–Crippen MR) is 88.0 cm³/mol. The summed E-state index contributed by atoms with van der Waals surface area (Å²) in [5, 5.41) is 0. The van der Waals surface area contributed by atoms with Gasteiger partial charge in [-0.15, -0.1) is 0 Å². The number of methoxy groups -OCH3 is 4. The Bertz CT molecular complexity index is 781. The molecule has 0 radical (unpaired) electrons. The minimum Gasteiger partial charge on any atom is -0.497 e. The average molecular weight is 303 g/mol. The van der Waals surface area contributed by atoms with Crippen LogP contribution in [0.3, 0.4) is 0 Å². The molecule has 2 aromatic carbocycles. The Balaban J connectivity index is 2.54. The molecule has 0 fully saturated rings. The van der Waals surface area contributed by atoms with Crippen LogP contribution < -0.4 is 18.9 Å². The van der Waals surface area contributed by atoms with Gasteiger partial charge in [-0.1, -0.05) is 18.2 Å². The number of hydrogen-bond donors (Lipinski definition) is 0. The Kier molecular flexibility index (Phi) is 4.03. The van der Waals surface area contributed by atoms with Gasteiger partial charge in [-0.25, -0.2) is 0 Å². The van der Waals surface area contributed by atoms with E-state index >= 15 is 0 Å². The van der Waals surface area contributed by atoms with Crippen LogP contribution in [0, 0.1) is 0 Å². The molecule has 0 bridgehead atoms. The van der Waals surface area contributed by atoms with Gasteiger partial charge < -0.3 is 18.9 Å². The van der Waals surface area contributed by atoms with Crippen LogP contribution in [0.2, 0.25) is 0 Å². The fraction of sp³-hybridized carbons (Fsp3) is 0.222. The van der Waals surface area contributed by atoms with Crippen LogP contribution >= 0.6 is 0 Å². The first kappa shape index (κ1) is 12.0. The summed E-state index contributed by atoms with van der Waals surface area (Å²) in [6, 6.07) is 5.11. The molecule has 0 amide bonds. The molecular formula is C18H20O4. The van der Waals surface area contributed by atoms with Gasteiger partial charge in [-0.3, -0.25) is 0 Å². The maximum absolute atomic E-state index is 8.24. The van der Waals surface area contributed by atoms with E-state index in [9.17, 15) is 0 Å². The third-order valence-corrected chi connectivity index (χ3v) is 2.99. The van der Waals surface area contributed by atoms with E-state index in [1.54, 1.807) is 44.6 Å². The summed E-state index contributed by atoms with van der Waals surface area (Å²) in [4.78, 5) is 0. The monoisotopic (exact) mass is 303 g/mol. The van der Waals surface area contributed by atoms with E-state index in [2.05, 4.69) is 0 Å². The second-order valence-corrected chi connectivity index (χ2v) is 4.33. The largest absolute Gasteiger partial charge is 0.497 e. The van der Waals surface area contributed by atoms with Crippen molar-refractivity contribution in [2.75, 3.05) is 28.4 Å². The Morgan fingerprint density at radius 1 is 0.727 bits per heavy atom. The molecule has 0 heterocycles. The zero-order chi connectivity index (χ0) is 18.6. The number of ether oxygens (including phenoxy) is 4. The zero-order valence-electron chi connectivity index (χ0n) is 16.0. The Morgan fingerprint density at radius 2 is 1.32 bits per heavy atom. The van der Waals surface area contributed by atoms with Crippen LogP contribution in [0.5, 0.6) is 23.0 Å². The van der Waals surface area contributed by atoms with E-state index in [1.807, 2.05) is 0 Å². The first-order valence-electron chi connectivity index (χ1n) is 8.09. The molecule has 0 saturated heterocycles. The minimum atomic E-state index is -0.127. The highest BCUT2D eigenvalue weighted by atomic mass is 16.5. The van der Waals surface area contributed by atoms with Crippen LogP contribution in [-0.2, 0) is 0 Å². The van der Waals surface area contributed by atoms with Gasteiger partial charge in [0.15, 0.2) is 11.5 Å². The lowest BCUT2D eigenvalue weighted by Gasteiger charge is -2.08. The summed E-state index contributed by atoms with van der Waals surface area (Å²) in [7, 11) is 5.91. The number of hydrogen-bond acceptors (Lipinski definition) is 4. The maximum atomic E-state index is 8.24. The molecule has 0 aromatic heterocycles. The summed E-state index contributed by atoms with van der Waals surface area (Å²) in [5.41, 5.74) is 1.04. The fourth-order valence-electron chi connectivity index (χ4n) is 1.87. The first-order chi connectivity index (χ1) is 12.0. The molecule has 2 aromatic rings. The van der Waals surface area contributed by atoms with Crippen LogP contribution in [0.15, 0.2) is 36.3 Å². The predicted octanol–water partition coefficient (Wildman–Crippen LogP) is 3.89. The highest BCUT2D eigenvalue weighted by Gasteiger charge is 2.03. The molecular weight excluding hydrogens is 280 g/mol. The van der Waals surface area contributed by atoms with Gasteiger partial charge in [-0.2, -0.15) is 0 Å². The van der Waals surface area contributed by atoms with Crippen molar-refractivity contribution in [1.29, 1.82) is 0 Å². The highest BCUT2D eigenvalue weighted by molar-refractivity contribution is 5.72. The molecule has 22 heavy (non-hydrogen) atoms. The molecule has 4 nitrogen and oxygen atoms in total. The van der Waals surface area contributed by atoms with Gasteiger partial charge in [-0.05, 0) is 35.3 Å². The van der Waals surface area contributed by atoms with Crippen molar-refractivity contribution in [2.24, 2.45) is 0 Å². The summed E-state index contributed by atoms with van der Waals surface area (Å²) >= 11 is 0. The smallest absolute Gasteiger partial charge is 0.161 e. The SMILES string of the molecule is [2H]c1c([2H])c(OC)c(OC)c([2H])c1/C=C/c1cc(OC)cc(OC)c1. The van der Waals surface area contributed by atoms with Gasteiger partial charge >= 0.3 is 0 Å². The molecule has 0 spiro atoms. The van der Waals surface area contributed by atoms with E-state index in [0.29, 0.717) is 11.5 Å². The summed E-state index contributed by atoms with van der Waals surface area (Å²) in [5.74, 6) is 1.47. The lowest BCUT2D eigenvalue weighted by molar-refractivity contribution is 0.355. The molecule has 0 aliphatic carbocycles. The molecule has 0 atom stereocenters. The van der Waals surface area contributed by atoms with Crippen molar-refractivity contribution in [3.05, 3.63) is 47.5 Å². The lowest BCUT2D eigenvalue weighted by Crippen LogP contribution is -1.90. The van der Waals surface area contributed by atoms with E-state index in [1.165, 1.54) is 14.2 Å². The molecule has 0 unspecified atom stereocenters. The molecule has 0 aliphatic heterocycles. The van der Waals surface area contributed by atoms with Crippen LogP contribution in [0.25, 0.3) is 12.2 Å². The molecule has 4 heteroatoms. The summed E-state index contributed by atoms with van der Waals surface area (Å²) in [6.45, 7) is 0. The Morgan fingerprint density at radius 3 is 1.86 bits per heavy atom. The quantitative estimate of drug-likeness (QED) is 0.759. The first-order valence-corrected chi connectivity index (χ1v) is 6.59. The van der Waals surface area contributed by atoms with E-state index in [-0.39, 0.29) is 35.2 Å². The van der Waals surface area contributed by atoms with E-state index < -0.39 is 0 Å². The van der Waals surface area contributed by atoms with Crippen LogP contribution in [-0.4, -0.2) is 28.4 Å². The fourth-order valence-corrected chi connectivity index (χ4v) is 1.87. The Labute approximate surface area is 135 Å². The number of rotatable bonds is 6. The van der Waals surface area contributed by atoms with Crippen LogP contribution in [0.4, 0.5) is 0 Å². The van der Waals surface area contributed by atoms with Crippen LogP contribution in [0.1, 0.15) is 15.2 Å². The normalized spacial score (nSPS) is 12.5. The topological polar surface area (TPSA) is 36.9 Å². The van der Waals surface area contributed by atoms with Crippen molar-refractivity contribution >= 4 is 12.2 Å². The summed E-state index contributed by atoms with van der Waals surface area (Å²) in [6.07, 6.45) is 3.32.